The van der Waals surface area contributed by atoms with Gasteiger partial charge in [0, 0.05) is 31.7 Å². The fourth-order valence-corrected chi connectivity index (χ4v) is 6.11. The summed E-state index contributed by atoms with van der Waals surface area (Å²) in [7, 11) is 0. The maximum atomic E-state index is 13.4. The van der Waals surface area contributed by atoms with E-state index in [2.05, 4.69) is 17.9 Å². The number of piperidine rings is 1. The molecule has 8 heteroatoms. The highest BCUT2D eigenvalue weighted by molar-refractivity contribution is 8.26. The Balaban J connectivity index is 1.76. The normalized spacial score (nSPS) is 17.2. The van der Waals surface area contributed by atoms with Crippen molar-refractivity contribution in [3.63, 3.8) is 0 Å². The molecule has 2 aliphatic heterocycles. The summed E-state index contributed by atoms with van der Waals surface area (Å²) < 4.78 is 2.31. The number of thioether (sulfide) groups is 1. The number of nitrogens with zero attached hydrogens (tertiary/aromatic N) is 4. The minimum absolute atomic E-state index is 0.116. The molecule has 0 bridgehead atoms. The van der Waals surface area contributed by atoms with Crippen LogP contribution in [0.15, 0.2) is 40.0 Å². The zero-order valence-electron chi connectivity index (χ0n) is 21.0. The molecule has 0 aliphatic carbocycles. The van der Waals surface area contributed by atoms with E-state index in [-0.39, 0.29) is 17.0 Å². The Morgan fingerprint density at radius 2 is 1.83 bits per heavy atom. The molecule has 1 amide bonds. The first-order chi connectivity index (χ1) is 17.5. The van der Waals surface area contributed by atoms with Gasteiger partial charge in [-0.15, -0.1) is 0 Å². The minimum Gasteiger partial charge on any atom is -0.357 e. The number of benzene rings is 1. The van der Waals surface area contributed by atoms with Crippen molar-refractivity contribution in [1.29, 1.82) is 5.26 Å². The van der Waals surface area contributed by atoms with Crippen molar-refractivity contribution < 1.29 is 4.79 Å². The Morgan fingerprint density at radius 1 is 1.11 bits per heavy atom. The number of aromatic nitrogens is 1. The number of hydrogen-bond acceptors (Lipinski definition) is 6. The van der Waals surface area contributed by atoms with E-state index in [0.717, 1.165) is 62.1 Å². The van der Waals surface area contributed by atoms with Gasteiger partial charge >= 0.3 is 0 Å². The smallest absolute Gasteiger partial charge is 0.270 e. The van der Waals surface area contributed by atoms with E-state index in [9.17, 15) is 14.9 Å². The highest BCUT2D eigenvalue weighted by Crippen LogP contribution is 2.36. The Kier molecular flexibility index (Phi) is 8.65. The predicted octanol–water partition coefficient (Wildman–Crippen LogP) is 5.26. The van der Waals surface area contributed by atoms with E-state index in [1.54, 1.807) is 9.47 Å². The molecule has 1 aromatic heterocycles. The van der Waals surface area contributed by atoms with E-state index < -0.39 is 0 Å². The van der Waals surface area contributed by atoms with Crippen LogP contribution in [0.2, 0.25) is 0 Å². The number of rotatable bonds is 8. The summed E-state index contributed by atoms with van der Waals surface area (Å²) in [5.41, 5.74) is 2.48. The van der Waals surface area contributed by atoms with E-state index in [1.807, 2.05) is 43.3 Å². The van der Waals surface area contributed by atoms with Gasteiger partial charge in [0.05, 0.1) is 4.91 Å². The van der Waals surface area contributed by atoms with Gasteiger partial charge in [-0.05, 0) is 56.2 Å². The predicted molar refractivity (Wildman–Crippen MR) is 151 cm³/mol. The molecule has 0 atom stereocenters. The summed E-state index contributed by atoms with van der Waals surface area (Å²) in [5, 5.41) is 9.85. The van der Waals surface area contributed by atoms with Crippen molar-refractivity contribution in [3.8, 4) is 6.07 Å². The highest BCUT2D eigenvalue weighted by Gasteiger charge is 2.33. The molecule has 3 heterocycles. The number of nitriles is 1. The fraction of sp³-hybridized carbons (Fsp3) is 0.429. The van der Waals surface area contributed by atoms with Crippen LogP contribution in [0.1, 0.15) is 61.3 Å². The molecule has 0 unspecified atom stereocenters. The number of carbonyl (C=O) groups excluding carboxylic acids is 1. The van der Waals surface area contributed by atoms with Crippen LogP contribution >= 0.6 is 24.0 Å². The Morgan fingerprint density at radius 3 is 2.50 bits per heavy atom. The van der Waals surface area contributed by atoms with Crippen LogP contribution < -0.4 is 10.5 Å². The van der Waals surface area contributed by atoms with Gasteiger partial charge in [-0.3, -0.25) is 19.1 Å². The van der Waals surface area contributed by atoms with Crippen molar-refractivity contribution in [2.24, 2.45) is 0 Å². The second kappa shape index (κ2) is 11.9. The van der Waals surface area contributed by atoms with Gasteiger partial charge in [0.15, 0.2) is 0 Å². The van der Waals surface area contributed by atoms with Crippen molar-refractivity contribution in [1.82, 2.24) is 9.47 Å². The second-order valence-electron chi connectivity index (χ2n) is 9.28. The first-order valence-electron chi connectivity index (χ1n) is 12.7. The lowest BCUT2D eigenvalue weighted by Crippen LogP contribution is -2.37. The molecule has 0 spiro atoms. The number of amides is 1. The van der Waals surface area contributed by atoms with Crippen LogP contribution in [0.4, 0.5) is 5.82 Å². The third kappa shape index (κ3) is 5.42. The Hall–Kier alpha value is -2.89. The van der Waals surface area contributed by atoms with Crippen LogP contribution in [-0.2, 0) is 17.8 Å². The first-order valence-corrected chi connectivity index (χ1v) is 13.9. The highest BCUT2D eigenvalue weighted by atomic mass is 32.2. The average Bonchev–Trinajstić information content (AvgIpc) is 3.16. The molecule has 0 radical (unpaired) electrons. The molecule has 6 nitrogen and oxygen atoms in total. The number of anilines is 1. The van der Waals surface area contributed by atoms with Crippen LogP contribution in [0.25, 0.3) is 6.08 Å². The zero-order valence-corrected chi connectivity index (χ0v) is 22.6. The number of thiocarbonyl (C=S) groups is 1. The van der Waals surface area contributed by atoms with Crippen molar-refractivity contribution in [3.05, 3.63) is 67.8 Å². The van der Waals surface area contributed by atoms with E-state index in [0.29, 0.717) is 27.9 Å². The Bertz CT molecular complexity index is 1270. The monoisotopic (exact) mass is 520 g/mol. The summed E-state index contributed by atoms with van der Waals surface area (Å²) in [6, 6.07) is 12.2. The van der Waals surface area contributed by atoms with Crippen molar-refractivity contribution in [2.45, 2.75) is 58.9 Å². The topological polar surface area (TPSA) is 69.3 Å². The Labute approximate surface area is 222 Å². The molecule has 1 aromatic carbocycles. The molecule has 2 fully saturated rings. The van der Waals surface area contributed by atoms with Crippen LogP contribution in [-0.4, -0.2) is 39.3 Å². The van der Waals surface area contributed by atoms with Gasteiger partial charge in [0.25, 0.3) is 11.5 Å². The molecule has 2 saturated heterocycles. The largest absolute Gasteiger partial charge is 0.357 e. The maximum absolute atomic E-state index is 13.4. The molecule has 0 N–H and O–H groups in total. The number of hydrogen-bond donors (Lipinski definition) is 0. The summed E-state index contributed by atoms with van der Waals surface area (Å²) in [6.45, 7) is 6.69. The van der Waals surface area contributed by atoms with E-state index in [1.165, 1.54) is 18.2 Å². The lowest BCUT2D eigenvalue weighted by Gasteiger charge is -2.33. The summed E-state index contributed by atoms with van der Waals surface area (Å²) >= 11 is 6.88. The minimum atomic E-state index is -0.239. The van der Waals surface area contributed by atoms with Crippen LogP contribution in [0, 0.1) is 18.3 Å². The molecule has 4 rings (SSSR count). The maximum Gasteiger partial charge on any atom is 0.270 e. The van der Waals surface area contributed by atoms with Crippen molar-refractivity contribution >= 4 is 46.1 Å². The van der Waals surface area contributed by atoms with Gasteiger partial charge in [-0.25, -0.2) is 0 Å². The first kappa shape index (κ1) is 26.2. The number of unbranched alkanes of at least 4 members (excludes halogenated alkanes) is 1. The van der Waals surface area contributed by atoms with Gasteiger partial charge in [-0.1, -0.05) is 67.7 Å². The summed E-state index contributed by atoms with van der Waals surface area (Å²) in [5.74, 6) is 0.717. The second-order valence-corrected chi connectivity index (χ2v) is 11.0. The average molecular weight is 521 g/mol. The van der Waals surface area contributed by atoms with Gasteiger partial charge in [0.1, 0.15) is 21.8 Å². The zero-order chi connectivity index (χ0) is 25.7. The molecule has 36 heavy (non-hydrogen) atoms. The standard InChI is InChI=1S/C28H32N4O2S2/c1-3-4-16-31-25(30-14-9-6-10-15-30)22(20(2)23(19-29)26(31)33)18-24-27(34)32(28(35)36-24)17-13-21-11-7-5-8-12-21/h5,7-8,11-12,18H,3-4,6,9-10,13-17H2,1-2H3/b24-18-. The van der Waals surface area contributed by atoms with E-state index >= 15 is 0 Å². The molecule has 188 valence electrons. The van der Waals surface area contributed by atoms with Gasteiger partial charge in [0.2, 0.25) is 0 Å². The molecular formula is C28H32N4O2S2. The van der Waals surface area contributed by atoms with Crippen LogP contribution in [0.3, 0.4) is 0 Å². The molecule has 2 aromatic rings. The molecular weight excluding hydrogens is 488 g/mol. The number of pyridine rings is 1. The van der Waals surface area contributed by atoms with Crippen LogP contribution in [0.5, 0.6) is 0 Å². The lowest BCUT2D eigenvalue weighted by molar-refractivity contribution is -0.122. The SMILES string of the molecule is CCCCn1c(N2CCCCC2)c(/C=C2\SC(=S)N(CCc3ccccc3)C2=O)c(C)c(C#N)c1=O. The fourth-order valence-electron chi connectivity index (χ4n) is 4.82. The lowest BCUT2D eigenvalue weighted by atomic mass is 10.0. The van der Waals surface area contributed by atoms with Crippen molar-refractivity contribution in [2.75, 3.05) is 24.5 Å². The quantitative estimate of drug-likeness (QED) is 0.349. The van der Waals surface area contributed by atoms with E-state index in [4.69, 9.17) is 12.2 Å². The molecule has 0 saturated carbocycles. The summed E-state index contributed by atoms with van der Waals surface area (Å²) in [6.07, 6.45) is 7.65. The third-order valence-corrected chi connectivity index (χ3v) is 8.23. The number of carbonyl (C=O) groups is 1. The third-order valence-electron chi connectivity index (χ3n) is 6.85. The van der Waals surface area contributed by atoms with Gasteiger partial charge in [-0.2, -0.15) is 5.26 Å². The molecule has 2 aliphatic rings. The van der Waals surface area contributed by atoms with Gasteiger partial charge < -0.3 is 4.90 Å². The summed E-state index contributed by atoms with van der Waals surface area (Å²) in [4.78, 5) is 31.2.